The molecule has 11 heteroatoms. The van der Waals surface area contributed by atoms with Crippen LogP contribution in [0.25, 0.3) is 16.6 Å². The molecule has 0 spiro atoms. The largest absolute Gasteiger partial charge is 0.326 e. The van der Waals surface area contributed by atoms with Crippen molar-refractivity contribution >= 4 is 40.3 Å². The van der Waals surface area contributed by atoms with E-state index in [1.165, 1.54) is 6.92 Å². The summed E-state index contributed by atoms with van der Waals surface area (Å²) in [5.74, 6) is -0.680. The Balaban J connectivity index is 1.29. The number of nitrogens with zero attached hydrogens (tertiary/aromatic N) is 5. The van der Waals surface area contributed by atoms with Crippen LogP contribution in [0.1, 0.15) is 42.9 Å². The van der Waals surface area contributed by atoms with Crippen LogP contribution in [0.2, 0.25) is 0 Å². The molecular formula is C28H30N8O3. The molecule has 4 heterocycles. The normalized spacial score (nSPS) is 15.3. The van der Waals surface area contributed by atoms with E-state index in [4.69, 9.17) is 0 Å². The van der Waals surface area contributed by atoms with E-state index in [1.807, 2.05) is 30.3 Å². The van der Waals surface area contributed by atoms with Gasteiger partial charge in [0.1, 0.15) is 0 Å². The number of benzene rings is 1. The molecule has 0 saturated carbocycles. The van der Waals surface area contributed by atoms with Gasteiger partial charge in [-0.15, -0.1) is 5.10 Å². The van der Waals surface area contributed by atoms with Crippen molar-refractivity contribution in [3.8, 4) is 11.1 Å². The summed E-state index contributed by atoms with van der Waals surface area (Å²) in [6, 6.07) is 13.2. The maximum absolute atomic E-state index is 13.1. The van der Waals surface area contributed by atoms with Crippen LogP contribution in [0.15, 0.2) is 54.9 Å². The third kappa shape index (κ3) is 5.93. The van der Waals surface area contributed by atoms with Gasteiger partial charge in [0.25, 0.3) is 5.91 Å². The molecule has 1 atom stereocenters. The SMILES string of the molecule is CC(=O)Nc1ccc(-c2ccc3c(C(=O)Nc4cc(NC(=O)CN5CCC[C@@H]5C)cnc4C)nnn3c2)cc1. The number of nitrogens with one attached hydrogen (secondary N) is 3. The summed E-state index contributed by atoms with van der Waals surface area (Å²) in [5.41, 5.74) is 4.81. The Bertz CT molecular complexity index is 1550. The summed E-state index contributed by atoms with van der Waals surface area (Å²) < 4.78 is 1.55. The first kappa shape index (κ1) is 26.0. The lowest BCUT2D eigenvalue weighted by atomic mass is 10.1. The monoisotopic (exact) mass is 526 g/mol. The predicted molar refractivity (Wildman–Crippen MR) is 149 cm³/mol. The molecule has 0 bridgehead atoms. The number of likely N-dealkylation sites (tertiary alicyclic amines) is 1. The van der Waals surface area contributed by atoms with Crippen LogP contribution < -0.4 is 16.0 Å². The van der Waals surface area contributed by atoms with Gasteiger partial charge in [0.15, 0.2) is 5.69 Å². The molecule has 3 amide bonds. The lowest BCUT2D eigenvalue weighted by Crippen LogP contribution is -2.35. The second-order valence-electron chi connectivity index (χ2n) is 9.77. The van der Waals surface area contributed by atoms with Crippen molar-refractivity contribution in [1.29, 1.82) is 0 Å². The van der Waals surface area contributed by atoms with Crippen LogP contribution in [0.3, 0.4) is 0 Å². The third-order valence-corrected chi connectivity index (χ3v) is 6.82. The first-order valence-corrected chi connectivity index (χ1v) is 12.8. The zero-order chi connectivity index (χ0) is 27.5. The Hall–Kier alpha value is -4.64. The van der Waals surface area contributed by atoms with E-state index in [1.54, 1.807) is 36.0 Å². The van der Waals surface area contributed by atoms with Crippen LogP contribution in [0.4, 0.5) is 17.1 Å². The van der Waals surface area contributed by atoms with Gasteiger partial charge in [-0.2, -0.15) is 0 Å². The molecule has 0 aliphatic carbocycles. The highest BCUT2D eigenvalue weighted by atomic mass is 16.2. The highest BCUT2D eigenvalue weighted by Gasteiger charge is 2.22. The van der Waals surface area contributed by atoms with Crippen molar-refractivity contribution in [1.82, 2.24) is 24.7 Å². The van der Waals surface area contributed by atoms with Gasteiger partial charge >= 0.3 is 0 Å². The molecule has 0 unspecified atom stereocenters. The minimum atomic E-state index is -0.434. The Morgan fingerprint density at radius 2 is 1.77 bits per heavy atom. The maximum atomic E-state index is 13.1. The molecule has 1 aliphatic rings. The smallest absolute Gasteiger partial charge is 0.278 e. The first-order chi connectivity index (χ1) is 18.8. The van der Waals surface area contributed by atoms with E-state index in [0.717, 1.165) is 30.5 Å². The van der Waals surface area contributed by atoms with Gasteiger partial charge in [-0.25, -0.2) is 4.52 Å². The number of amides is 3. The van der Waals surface area contributed by atoms with Crippen LogP contribution in [0, 0.1) is 6.92 Å². The summed E-state index contributed by atoms with van der Waals surface area (Å²) in [5, 5.41) is 16.7. The minimum absolute atomic E-state index is 0.114. The topological polar surface area (TPSA) is 134 Å². The average molecular weight is 527 g/mol. The fraction of sp³-hybridized carbons (Fsp3) is 0.286. The molecule has 1 aromatic carbocycles. The van der Waals surface area contributed by atoms with Gasteiger partial charge in [0.2, 0.25) is 11.8 Å². The standard InChI is InChI=1S/C28H30N8O3/c1-17-5-4-12-35(17)16-26(38)31-23-13-24(18(2)29-14-23)32-28(39)27-25-11-8-21(15-36(25)34-33-27)20-6-9-22(10-7-20)30-19(3)37/h6-11,13-15,17H,4-5,12,16H2,1-3H3,(H,30,37)(H,31,38)(H,32,39)/t17-/m0/s1. The molecule has 11 nitrogen and oxygen atoms in total. The fourth-order valence-electron chi connectivity index (χ4n) is 4.70. The number of aromatic nitrogens is 4. The van der Waals surface area contributed by atoms with Gasteiger partial charge in [-0.3, -0.25) is 24.3 Å². The third-order valence-electron chi connectivity index (χ3n) is 6.82. The number of hydrogen-bond acceptors (Lipinski definition) is 7. The van der Waals surface area contributed by atoms with Crippen molar-refractivity contribution in [2.45, 2.75) is 39.7 Å². The van der Waals surface area contributed by atoms with Crippen molar-refractivity contribution < 1.29 is 14.4 Å². The highest BCUT2D eigenvalue weighted by Crippen LogP contribution is 2.24. The molecule has 1 fully saturated rings. The van der Waals surface area contributed by atoms with E-state index in [0.29, 0.717) is 40.9 Å². The van der Waals surface area contributed by atoms with Crippen LogP contribution in [0.5, 0.6) is 0 Å². The molecule has 3 aromatic heterocycles. The summed E-state index contributed by atoms with van der Waals surface area (Å²) in [6.07, 6.45) is 5.56. The highest BCUT2D eigenvalue weighted by molar-refractivity contribution is 6.08. The number of carbonyl (C=O) groups excluding carboxylic acids is 3. The Labute approximate surface area is 225 Å². The van der Waals surface area contributed by atoms with Crippen molar-refractivity contribution in [3.05, 3.63) is 66.2 Å². The zero-order valence-corrected chi connectivity index (χ0v) is 22.1. The second-order valence-corrected chi connectivity index (χ2v) is 9.77. The molecular weight excluding hydrogens is 496 g/mol. The van der Waals surface area contributed by atoms with Crippen molar-refractivity contribution in [3.63, 3.8) is 0 Å². The molecule has 39 heavy (non-hydrogen) atoms. The van der Waals surface area contributed by atoms with Gasteiger partial charge in [0, 0.05) is 30.4 Å². The lowest BCUT2D eigenvalue weighted by Gasteiger charge is -2.20. The van der Waals surface area contributed by atoms with Crippen molar-refractivity contribution in [2.75, 3.05) is 29.0 Å². The Kier molecular flexibility index (Phi) is 7.33. The van der Waals surface area contributed by atoms with Gasteiger partial charge in [-0.05, 0) is 63.1 Å². The molecule has 1 saturated heterocycles. The Morgan fingerprint density at radius 1 is 1.00 bits per heavy atom. The molecule has 1 aliphatic heterocycles. The zero-order valence-electron chi connectivity index (χ0n) is 22.1. The van der Waals surface area contributed by atoms with E-state index >= 15 is 0 Å². The number of pyridine rings is 2. The average Bonchev–Trinajstić information content (AvgIpc) is 3.51. The first-order valence-electron chi connectivity index (χ1n) is 12.8. The lowest BCUT2D eigenvalue weighted by molar-refractivity contribution is -0.117. The fourth-order valence-corrected chi connectivity index (χ4v) is 4.70. The Morgan fingerprint density at radius 3 is 2.49 bits per heavy atom. The molecule has 5 rings (SSSR count). The molecule has 4 aromatic rings. The maximum Gasteiger partial charge on any atom is 0.278 e. The van der Waals surface area contributed by atoms with E-state index < -0.39 is 5.91 Å². The van der Waals surface area contributed by atoms with Gasteiger partial charge < -0.3 is 16.0 Å². The van der Waals surface area contributed by atoms with Crippen LogP contribution >= 0.6 is 0 Å². The van der Waals surface area contributed by atoms with E-state index in [2.05, 4.69) is 43.1 Å². The second kappa shape index (κ2) is 11.0. The van der Waals surface area contributed by atoms with Gasteiger partial charge in [-0.1, -0.05) is 23.4 Å². The van der Waals surface area contributed by atoms with E-state index in [-0.39, 0.29) is 17.5 Å². The quantitative estimate of drug-likeness (QED) is 0.334. The number of hydrogen-bond donors (Lipinski definition) is 3. The molecule has 0 radical (unpaired) electrons. The summed E-state index contributed by atoms with van der Waals surface area (Å²) in [6.45, 7) is 6.61. The van der Waals surface area contributed by atoms with Gasteiger partial charge in [0.05, 0.1) is 35.3 Å². The van der Waals surface area contributed by atoms with E-state index in [9.17, 15) is 14.4 Å². The predicted octanol–water partition coefficient (Wildman–Crippen LogP) is 3.73. The molecule has 200 valence electrons. The summed E-state index contributed by atoms with van der Waals surface area (Å²) in [7, 11) is 0. The summed E-state index contributed by atoms with van der Waals surface area (Å²) in [4.78, 5) is 43.4. The molecule has 3 N–H and O–H groups in total. The van der Waals surface area contributed by atoms with Crippen LogP contribution in [-0.4, -0.2) is 61.6 Å². The number of aryl methyl sites for hydroxylation is 1. The minimum Gasteiger partial charge on any atom is -0.326 e. The van der Waals surface area contributed by atoms with Crippen molar-refractivity contribution in [2.24, 2.45) is 0 Å². The number of rotatable bonds is 7. The number of fused-ring (bicyclic) bond motifs is 1. The van der Waals surface area contributed by atoms with Crippen LogP contribution in [-0.2, 0) is 9.59 Å². The summed E-state index contributed by atoms with van der Waals surface area (Å²) >= 11 is 0. The number of carbonyl (C=O) groups is 3. The number of anilines is 3.